The minimum atomic E-state index is -1.09. The molecule has 4 nitrogen and oxygen atoms in total. The highest BCUT2D eigenvalue weighted by molar-refractivity contribution is 6.18. The molecule has 4 aromatic rings. The molecule has 0 bridgehead atoms. The molecule has 1 aliphatic heterocycles. The number of rotatable bonds is 5. The molecular formula is C32H36FN4+. The molecule has 3 atom stereocenters. The number of aryl methyl sites for hydroxylation is 2. The van der Waals surface area contributed by atoms with Crippen LogP contribution in [0.1, 0.15) is 70.3 Å². The molecule has 37 heavy (non-hydrogen) atoms. The summed E-state index contributed by atoms with van der Waals surface area (Å²) in [7, 11) is 0. The first-order chi connectivity index (χ1) is 17.7. The highest BCUT2D eigenvalue weighted by Crippen LogP contribution is 2.48. The minimum absolute atomic E-state index is 0.233. The summed E-state index contributed by atoms with van der Waals surface area (Å²) in [5, 5.41) is 5.89. The van der Waals surface area contributed by atoms with Crippen molar-refractivity contribution >= 4 is 33.5 Å². The lowest BCUT2D eigenvalue weighted by Gasteiger charge is -2.43. The topological polar surface area (TPSA) is 54.8 Å². The lowest BCUT2D eigenvalue weighted by Crippen LogP contribution is -2.56. The van der Waals surface area contributed by atoms with Crippen LogP contribution < -0.4 is 9.98 Å². The van der Waals surface area contributed by atoms with Crippen molar-refractivity contribution in [2.75, 3.05) is 0 Å². The predicted molar refractivity (Wildman–Crippen MR) is 153 cm³/mol. The number of amidine groups is 2. The van der Waals surface area contributed by atoms with Gasteiger partial charge in [0.25, 0.3) is 5.84 Å². The number of nitrogens with zero attached hydrogens (tertiary/aromatic N) is 2. The summed E-state index contributed by atoms with van der Waals surface area (Å²) in [6.45, 7) is 10.5. The molecule has 0 saturated heterocycles. The van der Waals surface area contributed by atoms with E-state index in [9.17, 15) is 0 Å². The fraction of sp³-hybridized carbons (Fsp3) is 0.406. The Morgan fingerprint density at radius 1 is 1.05 bits per heavy atom. The lowest BCUT2D eigenvalue weighted by molar-refractivity contribution is 0.0273. The first-order valence-electron chi connectivity index (χ1n) is 13.6. The normalized spacial score (nSPS) is 25.5. The maximum Gasteiger partial charge on any atom is 0.324 e. The molecule has 3 aromatic carbocycles. The van der Waals surface area contributed by atoms with Gasteiger partial charge in [0.1, 0.15) is 11.5 Å². The van der Waals surface area contributed by atoms with Gasteiger partial charge >= 0.3 is 5.84 Å². The van der Waals surface area contributed by atoms with Crippen molar-refractivity contribution in [3.8, 4) is 11.1 Å². The highest BCUT2D eigenvalue weighted by atomic mass is 19.1. The number of imidazole rings is 1. The first kappa shape index (κ1) is 23.9. The number of nitrogens with one attached hydrogen (secondary N) is 2. The second kappa shape index (κ2) is 8.56. The third kappa shape index (κ3) is 4.06. The van der Waals surface area contributed by atoms with Gasteiger partial charge in [-0.3, -0.25) is 0 Å². The van der Waals surface area contributed by atoms with Crippen LogP contribution in [0.5, 0.6) is 0 Å². The molecule has 2 heterocycles. The van der Waals surface area contributed by atoms with Gasteiger partial charge in [0.2, 0.25) is 0 Å². The number of fused-ring (bicyclic) bond motifs is 3. The van der Waals surface area contributed by atoms with E-state index in [1.54, 1.807) is 0 Å². The molecule has 1 fully saturated rings. The van der Waals surface area contributed by atoms with Gasteiger partial charge in [0.15, 0.2) is 0 Å². The van der Waals surface area contributed by atoms with Crippen LogP contribution in [0.15, 0.2) is 48.5 Å². The summed E-state index contributed by atoms with van der Waals surface area (Å²) in [6, 6.07) is 17.5. The second-order valence-corrected chi connectivity index (χ2v) is 11.6. The number of H-pyrrole nitrogens is 1. The number of aromatic amines is 1. The maximum atomic E-state index is 15.4. The summed E-state index contributed by atoms with van der Waals surface area (Å²) in [5.41, 5.74) is 5.61. The monoisotopic (exact) mass is 495 g/mol. The molecule has 1 saturated carbocycles. The van der Waals surface area contributed by atoms with Crippen molar-refractivity contribution in [3.05, 3.63) is 65.5 Å². The number of benzene rings is 3. The van der Waals surface area contributed by atoms with Crippen LogP contribution in [0.25, 0.3) is 32.9 Å². The number of aromatic nitrogens is 2. The third-order valence-electron chi connectivity index (χ3n) is 8.54. The summed E-state index contributed by atoms with van der Waals surface area (Å²) in [6.07, 6.45) is 3.68. The Kier molecular flexibility index (Phi) is 5.54. The molecule has 190 valence electrons. The number of alkyl halides is 1. The average molecular weight is 496 g/mol. The van der Waals surface area contributed by atoms with Gasteiger partial charge in [-0.1, -0.05) is 45.0 Å². The Morgan fingerprint density at radius 3 is 2.59 bits per heavy atom. The van der Waals surface area contributed by atoms with Crippen LogP contribution >= 0.6 is 0 Å². The molecule has 5 heteroatoms. The zero-order chi connectivity index (χ0) is 25.9. The van der Waals surface area contributed by atoms with Crippen molar-refractivity contribution in [1.82, 2.24) is 20.0 Å². The molecule has 6 rings (SSSR count). The molecule has 0 spiro atoms. The van der Waals surface area contributed by atoms with Crippen LogP contribution in [0, 0.1) is 18.3 Å². The summed E-state index contributed by atoms with van der Waals surface area (Å²) in [4.78, 5) is 8.02. The van der Waals surface area contributed by atoms with E-state index in [0.717, 1.165) is 46.9 Å². The Morgan fingerprint density at radius 2 is 1.84 bits per heavy atom. The van der Waals surface area contributed by atoms with E-state index in [1.165, 1.54) is 27.5 Å². The van der Waals surface area contributed by atoms with Gasteiger partial charge in [-0.2, -0.15) is 0 Å². The van der Waals surface area contributed by atoms with Crippen LogP contribution in [0.4, 0.5) is 4.39 Å². The van der Waals surface area contributed by atoms with Gasteiger partial charge < -0.3 is 4.98 Å². The van der Waals surface area contributed by atoms with E-state index in [1.807, 2.05) is 13.8 Å². The van der Waals surface area contributed by atoms with Crippen molar-refractivity contribution < 1.29 is 4.39 Å². The van der Waals surface area contributed by atoms with Gasteiger partial charge in [-0.05, 0) is 98.2 Å². The van der Waals surface area contributed by atoms with Crippen molar-refractivity contribution in [2.45, 2.75) is 72.4 Å². The second-order valence-electron chi connectivity index (χ2n) is 11.6. The Labute approximate surface area is 218 Å². The number of hydrogen-bond donors (Lipinski definition) is 2. The van der Waals surface area contributed by atoms with Gasteiger partial charge in [-0.15, -0.1) is 0 Å². The predicted octanol–water partition coefficient (Wildman–Crippen LogP) is 7.01. The lowest BCUT2D eigenvalue weighted by atomic mass is 9.64. The van der Waals surface area contributed by atoms with Crippen molar-refractivity contribution in [1.29, 1.82) is 0 Å². The smallest absolute Gasteiger partial charge is 0.324 e. The van der Waals surface area contributed by atoms with E-state index < -0.39 is 5.67 Å². The van der Waals surface area contributed by atoms with Crippen molar-refractivity contribution in [2.24, 2.45) is 11.3 Å². The summed E-state index contributed by atoms with van der Waals surface area (Å²) < 4.78 is 20.3. The third-order valence-corrected chi connectivity index (χ3v) is 8.54. The minimum Gasteiger partial charge on any atom is -0.342 e. The quantitative estimate of drug-likeness (QED) is 0.293. The van der Waals surface area contributed by atoms with E-state index in [-0.39, 0.29) is 5.41 Å². The molecule has 1 aromatic heterocycles. The zero-order valence-corrected chi connectivity index (χ0v) is 22.5. The van der Waals surface area contributed by atoms with E-state index in [4.69, 9.17) is 4.67 Å². The standard InChI is InChI=1S/C32H35FN4/c1-6-21-14-24(29-36-30(37-29)31(5)16-19(3)17-32(33,7-2)18-31)9-11-25(21)22-8-12-26-23(15-22)10-13-27-28(26)35-20(4)34-27/h8-15,19H,6-7,16-18H2,1-5H3,(H,34,35,36,37)/p+1. The van der Waals surface area contributed by atoms with Gasteiger partial charge in [0.05, 0.1) is 22.0 Å². The summed E-state index contributed by atoms with van der Waals surface area (Å²) in [5.74, 6) is 3.13. The molecule has 0 radical (unpaired) electrons. The number of halogens is 1. The van der Waals surface area contributed by atoms with Crippen LogP contribution in [0.2, 0.25) is 0 Å². The largest absolute Gasteiger partial charge is 0.342 e. The molecule has 1 aliphatic carbocycles. The van der Waals surface area contributed by atoms with E-state index >= 15 is 4.39 Å². The van der Waals surface area contributed by atoms with Gasteiger partial charge in [0, 0.05) is 5.39 Å². The fourth-order valence-electron chi connectivity index (χ4n) is 6.82. The first-order valence-corrected chi connectivity index (χ1v) is 13.6. The summed E-state index contributed by atoms with van der Waals surface area (Å²) >= 11 is 0. The zero-order valence-electron chi connectivity index (χ0n) is 22.5. The molecule has 2 N–H and O–H groups in total. The maximum absolute atomic E-state index is 15.4. The fourth-order valence-corrected chi connectivity index (χ4v) is 6.82. The number of hydrogen-bond acceptors (Lipinski definition) is 2. The van der Waals surface area contributed by atoms with E-state index in [2.05, 4.69) is 84.6 Å². The van der Waals surface area contributed by atoms with Gasteiger partial charge in [-0.25, -0.2) is 19.4 Å². The molecule has 0 amide bonds. The van der Waals surface area contributed by atoms with Crippen LogP contribution in [-0.4, -0.2) is 27.3 Å². The Balaban J connectivity index is 1.33. The van der Waals surface area contributed by atoms with Crippen LogP contribution in [-0.2, 0) is 6.42 Å². The average Bonchev–Trinajstić information content (AvgIpc) is 3.22. The van der Waals surface area contributed by atoms with Crippen molar-refractivity contribution in [3.63, 3.8) is 0 Å². The van der Waals surface area contributed by atoms with Crippen LogP contribution in [0.3, 0.4) is 0 Å². The Hall–Kier alpha value is -3.43. The molecule has 2 aliphatic rings. The van der Waals surface area contributed by atoms with E-state index in [0.29, 0.717) is 25.2 Å². The SMILES string of the molecule is CCc1cc(C2=[N+]=C(C3(C)CC(C)CC(F)(CC)C3)N2)ccc1-c1ccc2c(ccc3[nH]c(C)nc32)c1. The molecule has 3 unspecified atom stereocenters. The highest BCUT2D eigenvalue weighted by Gasteiger charge is 2.52. The molecular weight excluding hydrogens is 459 g/mol. The Bertz CT molecular complexity index is 1610.